The lowest BCUT2D eigenvalue weighted by Gasteiger charge is -2.11. The van der Waals surface area contributed by atoms with Gasteiger partial charge in [0.1, 0.15) is 11.6 Å². The fraction of sp³-hybridized carbons (Fsp3) is 0.333. The number of hydrogen-bond acceptors (Lipinski definition) is 2. The van der Waals surface area contributed by atoms with E-state index in [0.29, 0.717) is 0 Å². The first-order chi connectivity index (χ1) is 9.20. The van der Waals surface area contributed by atoms with E-state index in [0.717, 1.165) is 35.7 Å². The number of amides is 1. The molecule has 1 amide bonds. The van der Waals surface area contributed by atoms with Gasteiger partial charge in [-0.3, -0.25) is 4.79 Å². The Kier molecular flexibility index (Phi) is 4.75. The number of hydrogen-bond donors (Lipinski definition) is 1. The van der Waals surface area contributed by atoms with Gasteiger partial charge in [0.2, 0.25) is 0 Å². The Morgan fingerprint density at radius 2 is 2.05 bits per heavy atom. The molecule has 0 heterocycles. The standard InChI is InChI=1S/C15H15BrN2O/c16-14-8-4-1-5-11(14)9-12(10-17)15(19)18-13-6-2-3-7-13/h1,4-5,8-9,13H,2-3,6-7H2,(H,18,19)/b12-9-. The lowest BCUT2D eigenvalue weighted by Crippen LogP contribution is -2.33. The van der Waals surface area contributed by atoms with Gasteiger partial charge in [-0.25, -0.2) is 0 Å². The third-order valence-electron chi connectivity index (χ3n) is 3.26. The molecule has 19 heavy (non-hydrogen) atoms. The van der Waals surface area contributed by atoms with Gasteiger partial charge in [-0.1, -0.05) is 47.0 Å². The van der Waals surface area contributed by atoms with Gasteiger partial charge < -0.3 is 5.32 Å². The van der Waals surface area contributed by atoms with Gasteiger partial charge in [0.25, 0.3) is 5.91 Å². The third-order valence-corrected chi connectivity index (χ3v) is 3.98. The van der Waals surface area contributed by atoms with Crippen LogP contribution >= 0.6 is 15.9 Å². The van der Waals surface area contributed by atoms with Crippen LogP contribution in [0.4, 0.5) is 0 Å². The van der Waals surface area contributed by atoms with Crippen LogP contribution in [0.5, 0.6) is 0 Å². The molecule has 1 N–H and O–H groups in total. The number of nitrogens with one attached hydrogen (secondary N) is 1. The molecule has 1 aromatic carbocycles. The molecular formula is C15H15BrN2O. The summed E-state index contributed by atoms with van der Waals surface area (Å²) in [5.74, 6) is -0.273. The van der Waals surface area contributed by atoms with Gasteiger partial charge in [-0.2, -0.15) is 5.26 Å². The van der Waals surface area contributed by atoms with Gasteiger partial charge in [0.15, 0.2) is 0 Å². The second-order valence-corrected chi connectivity index (χ2v) is 5.50. The Morgan fingerprint density at radius 1 is 1.37 bits per heavy atom. The van der Waals surface area contributed by atoms with Crippen molar-refractivity contribution in [2.75, 3.05) is 0 Å². The van der Waals surface area contributed by atoms with Crippen molar-refractivity contribution in [1.82, 2.24) is 5.32 Å². The van der Waals surface area contributed by atoms with Gasteiger partial charge in [-0.15, -0.1) is 0 Å². The molecule has 1 aliphatic rings. The van der Waals surface area contributed by atoms with Crippen molar-refractivity contribution >= 4 is 27.9 Å². The van der Waals surface area contributed by atoms with Gasteiger partial charge in [0, 0.05) is 10.5 Å². The summed E-state index contributed by atoms with van der Waals surface area (Å²) in [5.41, 5.74) is 0.986. The first kappa shape index (κ1) is 13.8. The van der Waals surface area contributed by atoms with Gasteiger partial charge >= 0.3 is 0 Å². The molecule has 1 fully saturated rings. The minimum absolute atomic E-state index is 0.152. The number of benzene rings is 1. The summed E-state index contributed by atoms with van der Waals surface area (Å²) in [5, 5.41) is 12.1. The Bertz CT molecular complexity index is 539. The van der Waals surface area contributed by atoms with Crippen molar-refractivity contribution < 1.29 is 4.79 Å². The molecule has 3 nitrogen and oxygen atoms in total. The van der Waals surface area contributed by atoms with Crippen molar-refractivity contribution in [2.45, 2.75) is 31.7 Å². The molecule has 0 aromatic heterocycles. The van der Waals surface area contributed by atoms with Crippen molar-refractivity contribution in [1.29, 1.82) is 5.26 Å². The molecule has 0 radical (unpaired) electrons. The highest BCUT2D eigenvalue weighted by Gasteiger charge is 2.19. The van der Waals surface area contributed by atoms with Crippen molar-refractivity contribution in [2.24, 2.45) is 0 Å². The molecule has 0 spiro atoms. The number of rotatable bonds is 3. The maximum Gasteiger partial charge on any atom is 0.262 e. The summed E-state index contributed by atoms with van der Waals surface area (Å²) in [4.78, 5) is 12.0. The van der Waals surface area contributed by atoms with Crippen molar-refractivity contribution in [3.05, 3.63) is 39.9 Å². The second kappa shape index (κ2) is 6.53. The van der Waals surface area contributed by atoms with Crippen LogP contribution in [0.25, 0.3) is 6.08 Å². The first-order valence-electron chi connectivity index (χ1n) is 6.38. The molecule has 1 aliphatic carbocycles. The average molecular weight is 319 g/mol. The Hall–Kier alpha value is -1.60. The molecular weight excluding hydrogens is 304 g/mol. The third kappa shape index (κ3) is 3.68. The number of carbonyl (C=O) groups is 1. The van der Waals surface area contributed by atoms with Gasteiger partial charge in [-0.05, 0) is 30.5 Å². The molecule has 0 bridgehead atoms. The molecule has 2 rings (SSSR count). The highest BCUT2D eigenvalue weighted by molar-refractivity contribution is 9.10. The van der Waals surface area contributed by atoms with Crippen LogP contribution in [0.15, 0.2) is 34.3 Å². The smallest absolute Gasteiger partial charge is 0.262 e. The van der Waals surface area contributed by atoms with Crippen LogP contribution in [-0.4, -0.2) is 11.9 Å². The predicted molar refractivity (Wildman–Crippen MR) is 78.1 cm³/mol. The van der Waals surface area contributed by atoms with Crippen LogP contribution in [0, 0.1) is 11.3 Å². The zero-order chi connectivity index (χ0) is 13.7. The molecule has 1 aromatic rings. The quantitative estimate of drug-likeness (QED) is 0.685. The summed E-state index contributed by atoms with van der Waals surface area (Å²) < 4.78 is 0.872. The SMILES string of the molecule is N#C/C(=C/c1ccccc1Br)C(=O)NC1CCCC1. The minimum Gasteiger partial charge on any atom is -0.349 e. The van der Waals surface area contributed by atoms with E-state index in [1.165, 1.54) is 0 Å². The molecule has 0 unspecified atom stereocenters. The van der Waals surface area contributed by atoms with Crippen LogP contribution in [0.3, 0.4) is 0 Å². The van der Waals surface area contributed by atoms with E-state index in [-0.39, 0.29) is 17.5 Å². The Balaban J connectivity index is 2.13. The number of carbonyl (C=O) groups excluding carboxylic acids is 1. The van der Waals surface area contributed by atoms with E-state index in [1.807, 2.05) is 30.3 Å². The molecule has 0 aliphatic heterocycles. The number of nitriles is 1. The maximum atomic E-state index is 12.0. The van der Waals surface area contributed by atoms with Crippen LogP contribution in [-0.2, 0) is 4.79 Å². The van der Waals surface area contributed by atoms with E-state index >= 15 is 0 Å². The second-order valence-electron chi connectivity index (χ2n) is 4.65. The van der Waals surface area contributed by atoms with E-state index < -0.39 is 0 Å². The fourth-order valence-electron chi connectivity index (χ4n) is 2.23. The largest absolute Gasteiger partial charge is 0.349 e. The van der Waals surface area contributed by atoms with Crippen LogP contribution in [0.2, 0.25) is 0 Å². The summed E-state index contributed by atoms with van der Waals surface area (Å²) in [6.45, 7) is 0. The van der Waals surface area contributed by atoms with Crippen molar-refractivity contribution in [3.8, 4) is 6.07 Å². The Morgan fingerprint density at radius 3 is 2.68 bits per heavy atom. The van der Waals surface area contributed by atoms with Crippen molar-refractivity contribution in [3.63, 3.8) is 0 Å². The molecule has 98 valence electrons. The maximum absolute atomic E-state index is 12.0. The predicted octanol–water partition coefficient (Wildman–Crippen LogP) is 3.41. The zero-order valence-electron chi connectivity index (χ0n) is 10.5. The topological polar surface area (TPSA) is 52.9 Å². The lowest BCUT2D eigenvalue weighted by atomic mass is 10.1. The monoisotopic (exact) mass is 318 g/mol. The zero-order valence-corrected chi connectivity index (χ0v) is 12.1. The highest BCUT2D eigenvalue weighted by Crippen LogP contribution is 2.20. The summed E-state index contributed by atoms with van der Waals surface area (Å²) in [6.07, 6.45) is 5.95. The lowest BCUT2D eigenvalue weighted by molar-refractivity contribution is -0.117. The Labute approximate surface area is 121 Å². The molecule has 1 saturated carbocycles. The van der Waals surface area contributed by atoms with E-state index in [1.54, 1.807) is 6.08 Å². The first-order valence-corrected chi connectivity index (χ1v) is 7.17. The normalized spacial score (nSPS) is 16.1. The summed E-state index contributed by atoms with van der Waals surface area (Å²) >= 11 is 3.41. The molecule has 0 saturated heterocycles. The minimum atomic E-state index is -0.273. The summed E-state index contributed by atoms with van der Waals surface area (Å²) in [6, 6.07) is 9.73. The van der Waals surface area contributed by atoms with E-state index in [9.17, 15) is 4.79 Å². The van der Waals surface area contributed by atoms with E-state index in [2.05, 4.69) is 21.2 Å². The molecule has 0 atom stereocenters. The number of nitrogens with zero attached hydrogens (tertiary/aromatic N) is 1. The van der Waals surface area contributed by atoms with Crippen LogP contribution in [0.1, 0.15) is 31.2 Å². The fourth-order valence-corrected chi connectivity index (χ4v) is 2.63. The number of halogens is 1. The van der Waals surface area contributed by atoms with E-state index in [4.69, 9.17) is 5.26 Å². The van der Waals surface area contributed by atoms with Gasteiger partial charge in [0.05, 0.1) is 0 Å². The summed E-state index contributed by atoms with van der Waals surface area (Å²) in [7, 11) is 0. The average Bonchev–Trinajstić information content (AvgIpc) is 2.90. The van der Waals surface area contributed by atoms with Crippen LogP contribution < -0.4 is 5.32 Å². The molecule has 4 heteroatoms. The highest BCUT2D eigenvalue weighted by atomic mass is 79.9.